The molecule has 0 aliphatic carbocycles. The third kappa shape index (κ3) is 3.49. The zero-order valence-corrected chi connectivity index (χ0v) is 13.0. The molecule has 0 aromatic heterocycles. The van der Waals surface area contributed by atoms with Gasteiger partial charge in [0.25, 0.3) is 0 Å². The molecule has 0 aliphatic rings. The first-order chi connectivity index (χ1) is 9.01. The summed E-state index contributed by atoms with van der Waals surface area (Å²) in [7, 11) is 1.58. The SMILES string of the molecule is COc1ccc(Cl)cc1C(Cl)c1cc(Cl)cc(Cl)c1. The highest BCUT2D eigenvalue weighted by Gasteiger charge is 2.17. The third-order valence-corrected chi connectivity index (χ3v) is 3.80. The molecule has 19 heavy (non-hydrogen) atoms. The van der Waals surface area contributed by atoms with Crippen LogP contribution >= 0.6 is 46.4 Å². The van der Waals surface area contributed by atoms with E-state index in [0.717, 1.165) is 11.1 Å². The van der Waals surface area contributed by atoms with E-state index in [0.29, 0.717) is 20.8 Å². The molecular formula is C14H10Cl4O. The summed E-state index contributed by atoms with van der Waals surface area (Å²) in [5, 5.41) is 1.22. The van der Waals surface area contributed by atoms with Crippen molar-refractivity contribution < 1.29 is 4.74 Å². The molecule has 1 atom stereocenters. The lowest BCUT2D eigenvalue weighted by Gasteiger charge is -2.15. The van der Waals surface area contributed by atoms with Gasteiger partial charge >= 0.3 is 0 Å². The fraction of sp³-hybridized carbons (Fsp3) is 0.143. The largest absolute Gasteiger partial charge is 0.496 e. The van der Waals surface area contributed by atoms with Gasteiger partial charge in [-0.1, -0.05) is 34.8 Å². The Labute approximate surface area is 132 Å². The number of rotatable bonds is 3. The number of benzene rings is 2. The minimum Gasteiger partial charge on any atom is -0.496 e. The molecule has 0 heterocycles. The fourth-order valence-corrected chi connectivity index (χ4v) is 2.82. The standard InChI is InChI=1S/C14H10Cl4O/c1-19-13-3-2-9(15)7-12(13)14(18)8-4-10(16)6-11(17)5-8/h2-7,14H,1H3. The molecule has 0 amide bonds. The van der Waals surface area contributed by atoms with Crippen LogP contribution in [0.2, 0.25) is 15.1 Å². The summed E-state index contributed by atoms with van der Waals surface area (Å²) >= 11 is 24.4. The van der Waals surface area contributed by atoms with Crippen molar-refractivity contribution in [1.82, 2.24) is 0 Å². The third-order valence-electron chi connectivity index (χ3n) is 2.64. The number of methoxy groups -OCH3 is 1. The van der Waals surface area contributed by atoms with Crippen LogP contribution in [0.1, 0.15) is 16.5 Å². The summed E-state index contributed by atoms with van der Waals surface area (Å²) in [5.74, 6) is 0.667. The molecule has 0 saturated heterocycles. The molecule has 2 aromatic carbocycles. The summed E-state index contributed by atoms with van der Waals surface area (Å²) < 4.78 is 5.29. The Morgan fingerprint density at radius 2 is 1.53 bits per heavy atom. The van der Waals surface area contributed by atoms with E-state index in [4.69, 9.17) is 51.1 Å². The molecule has 0 saturated carbocycles. The van der Waals surface area contributed by atoms with E-state index in [9.17, 15) is 0 Å². The summed E-state index contributed by atoms with van der Waals surface area (Å²) in [6.45, 7) is 0. The average molecular weight is 336 g/mol. The monoisotopic (exact) mass is 334 g/mol. The van der Waals surface area contributed by atoms with Gasteiger partial charge in [-0.3, -0.25) is 0 Å². The van der Waals surface area contributed by atoms with Crippen LogP contribution in [0.4, 0.5) is 0 Å². The lowest BCUT2D eigenvalue weighted by Crippen LogP contribution is -1.97. The first-order valence-corrected chi connectivity index (χ1v) is 7.02. The molecule has 2 aromatic rings. The Morgan fingerprint density at radius 1 is 0.895 bits per heavy atom. The van der Waals surface area contributed by atoms with Crippen LogP contribution in [-0.2, 0) is 0 Å². The lowest BCUT2D eigenvalue weighted by atomic mass is 10.0. The quantitative estimate of drug-likeness (QED) is 0.626. The van der Waals surface area contributed by atoms with Crippen LogP contribution < -0.4 is 4.74 Å². The van der Waals surface area contributed by atoms with Crippen molar-refractivity contribution in [3.05, 3.63) is 62.6 Å². The maximum absolute atomic E-state index is 6.48. The summed E-state index contributed by atoms with van der Waals surface area (Å²) in [4.78, 5) is 0. The number of hydrogen-bond donors (Lipinski definition) is 0. The van der Waals surface area contributed by atoms with Gasteiger partial charge < -0.3 is 4.74 Å². The molecule has 0 spiro atoms. The van der Waals surface area contributed by atoms with Crippen LogP contribution in [0.25, 0.3) is 0 Å². The van der Waals surface area contributed by atoms with Gasteiger partial charge in [-0.25, -0.2) is 0 Å². The highest BCUT2D eigenvalue weighted by molar-refractivity contribution is 6.35. The van der Waals surface area contributed by atoms with E-state index >= 15 is 0 Å². The maximum Gasteiger partial charge on any atom is 0.123 e. The minimum atomic E-state index is -0.440. The normalized spacial score (nSPS) is 12.3. The number of halogens is 4. The van der Waals surface area contributed by atoms with Gasteiger partial charge in [0.2, 0.25) is 0 Å². The van der Waals surface area contributed by atoms with Crippen molar-refractivity contribution in [1.29, 1.82) is 0 Å². The zero-order valence-electron chi connectivity index (χ0n) is 9.96. The fourth-order valence-electron chi connectivity index (χ4n) is 1.80. The van der Waals surface area contributed by atoms with Crippen LogP contribution in [0.3, 0.4) is 0 Å². The summed E-state index contributed by atoms with van der Waals surface area (Å²) in [6.07, 6.45) is 0. The zero-order chi connectivity index (χ0) is 14.0. The summed E-state index contributed by atoms with van der Waals surface area (Å²) in [5.41, 5.74) is 1.56. The Hall–Kier alpha value is -0.600. The predicted molar refractivity (Wildman–Crippen MR) is 82.2 cm³/mol. The van der Waals surface area contributed by atoms with Crippen molar-refractivity contribution >= 4 is 46.4 Å². The first-order valence-electron chi connectivity index (χ1n) is 5.44. The molecule has 2 rings (SSSR count). The average Bonchev–Trinajstić information content (AvgIpc) is 2.36. The van der Waals surface area contributed by atoms with Gasteiger partial charge in [0.15, 0.2) is 0 Å². The Morgan fingerprint density at radius 3 is 2.11 bits per heavy atom. The molecule has 0 radical (unpaired) electrons. The van der Waals surface area contributed by atoms with Crippen molar-refractivity contribution in [2.75, 3.05) is 7.11 Å². The van der Waals surface area contributed by atoms with Crippen LogP contribution in [-0.4, -0.2) is 7.11 Å². The second-order valence-electron chi connectivity index (χ2n) is 3.95. The topological polar surface area (TPSA) is 9.23 Å². The molecule has 1 nitrogen and oxygen atoms in total. The summed E-state index contributed by atoms with van der Waals surface area (Å²) in [6, 6.07) is 10.5. The van der Waals surface area contributed by atoms with Gasteiger partial charge in [-0.05, 0) is 42.0 Å². The van der Waals surface area contributed by atoms with E-state index in [1.807, 2.05) is 0 Å². The highest BCUT2D eigenvalue weighted by Crippen LogP contribution is 2.38. The Balaban J connectivity index is 2.48. The van der Waals surface area contributed by atoms with Crippen LogP contribution in [0.5, 0.6) is 5.75 Å². The predicted octanol–water partition coefficient (Wildman–Crippen LogP) is 5.98. The van der Waals surface area contributed by atoms with Crippen molar-refractivity contribution in [3.8, 4) is 5.75 Å². The Bertz CT molecular complexity index is 578. The van der Waals surface area contributed by atoms with E-state index in [-0.39, 0.29) is 0 Å². The number of hydrogen-bond acceptors (Lipinski definition) is 1. The van der Waals surface area contributed by atoms with Crippen molar-refractivity contribution in [2.45, 2.75) is 5.38 Å². The van der Waals surface area contributed by atoms with E-state index < -0.39 is 5.38 Å². The molecule has 0 fully saturated rings. The van der Waals surface area contributed by atoms with Crippen molar-refractivity contribution in [3.63, 3.8) is 0 Å². The molecule has 0 N–H and O–H groups in total. The number of alkyl halides is 1. The van der Waals surface area contributed by atoms with E-state index in [2.05, 4.69) is 0 Å². The second kappa shape index (κ2) is 6.23. The molecule has 0 aliphatic heterocycles. The second-order valence-corrected chi connectivity index (χ2v) is 5.70. The molecule has 1 unspecified atom stereocenters. The minimum absolute atomic E-state index is 0.440. The van der Waals surface area contributed by atoms with Gasteiger partial charge in [-0.2, -0.15) is 0 Å². The van der Waals surface area contributed by atoms with E-state index in [1.54, 1.807) is 43.5 Å². The van der Waals surface area contributed by atoms with Gasteiger partial charge in [0.1, 0.15) is 5.75 Å². The molecular weight excluding hydrogens is 326 g/mol. The van der Waals surface area contributed by atoms with Gasteiger partial charge in [0.05, 0.1) is 12.5 Å². The lowest BCUT2D eigenvalue weighted by molar-refractivity contribution is 0.410. The number of ether oxygens (including phenoxy) is 1. The smallest absolute Gasteiger partial charge is 0.123 e. The molecule has 5 heteroatoms. The van der Waals surface area contributed by atoms with Crippen molar-refractivity contribution in [2.24, 2.45) is 0 Å². The van der Waals surface area contributed by atoms with Crippen LogP contribution in [0.15, 0.2) is 36.4 Å². The Kier molecular flexibility index (Phi) is 4.86. The van der Waals surface area contributed by atoms with Crippen LogP contribution in [0, 0.1) is 0 Å². The van der Waals surface area contributed by atoms with Gasteiger partial charge in [-0.15, -0.1) is 11.6 Å². The molecule has 0 bridgehead atoms. The first kappa shape index (κ1) is 14.8. The van der Waals surface area contributed by atoms with Gasteiger partial charge in [0, 0.05) is 20.6 Å². The molecule has 100 valence electrons. The maximum atomic E-state index is 6.48. The van der Waals surface area contributed by atoms with E-state index in [1.165, 1.54) is 0 Å². The highest BCUT2D eigenvalue weighted by atomic mass is 35.5.